The zero-order valence-corrected chi connectivity index (χ0v) is 21.3. The highest BCUT2D eigenvalue weighted by molar-refractivity contribution is 7.87. The number of aliphatic hydroxyl groups excluding tert-OH is 1. The Labute approximate surface area is 208 Å². The topological polar surface area (TPSA) is 81.6 Å². The number of anilines is 3. The lowest BCUT2D eigenvalue weighted by molar-refractivity contribution is 0.143. The average molecular weight is 502 g/mol. The molecule has 1 saturated carbocycles. The summed E-state index contributed by atoms with van der Waals surface area (Å²) in [7, 11) is -1.18. The van der Waals surface area contributed by atoms with E-state index >= 15 is 0 Å². The third-order valence-corrected chi connectivity index (χ3v) is 10.4. The molecule has 4 heterocycles. The summed E-state index contributed by atoms with van der Waals surface area (Å²) in [5, 5.41) is 14.3. The van der Waals surface area contributed by atoms with Gasteiger partial charge in [-0.25, -0.2) is 4.98 Å². The van der Waals surface area contributed by atoms with E-state index in [-0.39, 0.29) is 16.9 Å². The Morgan fingerprint density at radius 3 is 2.32 bits per heavy atom. The molecule has 34 heavy (non-hydrogen) atoms. The zero-order valence-electron chi connectivity index (χ0n) is 19.8. The van der Waals surface area contributed by atoms with Crippen molar-refractivity contribution in [3.63, 3.8) is 0 Å². The summed E-state index contributed by atoms with van der Waals surface area (Å²) in [6, 6.07) is 8.11. The molecule has 3 unspecified atom stereocenters. The quantitative estimate of drug-likeness (QED) is 0.649. The Hall–Kier alpha value is -1.90. The number of fused-ring (bicyclic) bond motifs is 2. The van der Waals surface area contributed by atoms with Crippen LogP contribution in [0.1, 0.15) is 38.8 Å². The summed E-state index contributed by atoms with van der Waals surface area (Å²) in [6.45, 7) is 8.00. The van der Waals surface area contributed by atoms with Crippen LogP contribution >= 0.6 is 11.6 Å². The van der Waals surface area contributed by atoms with E-state index in [1.807, 2.05) is 26.0 Å². The van der Waals surface area contributed by atoms with E-state index in [9.17, 15) is 9.32 Å². The highest BCUT2D eigenvalue weighted by Gasteiger charge is 2.45. The van der Waals surface area contributed by atoms with Gasteiger partial charge in [0.1, 0.15) is 10.7 Å². The van der Waals surface area contributed by atoms with E-state index in [4.69, 9.17) is 21.6 Å². The molecule has 3 aliphatic heterocycles. The number of rotatable bonds is 5. The van der Waals surface area contributed by atoms with Gasteiger partial charge in [0.05, 0.1) is 33.4 Å². The maximum absolute atomic E-state index is 13.3. The third-order valence-electron chi connectivity index (χ3n) is 8.16. The molecule has 2 saturated heterocycles. The van der Waals surface area contributed by atoms with Gasteiger partial charge >= 0.3 is 0 Å². The number of aromatic nitrogens is 2. The van der Waals surface area contributed by atoms with Crippen LogP contribution in [-0.2, 0) is 17.2 Å². The van der Waals surface area contributed by atoms with Crippen LogP contribution in [0.25, 0.3) is 0 Å². The van der Waals surface area contributed by atoms with Crippen molar-refractivity contribution in [1.29, 1.82) is 0 Å². The lowest BCUT2D eigenvalue weighted by atomic mass is 9.77. The smallest absolute Gasteiger partial charge is 0.227 e. The molecule has 1 aromatic carbocycles. The molecule has 0 amide bonds. The maximum Gasteiger partial charge on any atom is 0.227 e. The Balaban J connectivity index is 1.25. The minimum Gasteiger partial charge on any atom is -0.394 e. The van der Waals surface area contributed by atoms with Gasteiger partial charge in [-0.3, -0.25) is 4.21 Å². The van der Waals surface area contributed by atoms with Crippen LogP contribution in [0.4, 0.5) is 17.5 Å². The molecular weight excluding hydrogens is 470 g/mol. The van der Waals surface area contributed by atoms with E-state index in [0.29, 0.717) is 24.1 Å². The molecule has 9 heteroatoms. The molecule has 2 N–H and O–H groups in total. The SMILES string of the molecule is CC1(C)Cc2nc(N3CC4CN(c5ccc(Cl)cc5)CC4C3)nc(NC3(CO)CCC3)c2S1=O. The van der Waals surface area contributed by atoms with Gasteiger partial charge < -0.3 is 20.2 Å². The predicted molar refractivity (Wildman–Crippen MR) is 136 cm³/mol. The van der Waals surface area contributed by atoms with Crippen molar-refractivity contribution in [1.82, 2.24) is 9.97 Å². The van der Waals surface area contributed by atoms with Crippen molar-refractivity contribution in [2.75, 3.05) is 47.9 Å². The predicted octanol–water partition coefficient (Wildman–Crippen LogP) is 3.47. The van der Waals surface area contributed by atoms with Crippen molar-refractivity contribution in [3.8, 4) is 0 Å². The number of aliphatic hydroxyl groups is 1. The van der Waals surface area contributed by atoms with Gasteiger partial charge in [-0.05, 0) is 57.4 Å². The lowest BCUT2D eigenvalue weighted by Gasteiger charge is -2.41. The van der Waals surface area contributed by atoms with Crippen molar-refractivity contribution in [2.45, 2.75) is 54.7 Å². The lowest BCUT2D eigenvalue weighted by Crippen LogP contribution is -2.48. The monoisotopic (exact) mass is 501 g/mol. The molecule has 7 nitrogen and oxygen atoms in total. The Morgan fingerprint density at radius 1 is 1.09 bits per heavy atom. The summed E-state index contributed by atoms with van der Waals surface area (Å²) in [5.74, 6) is 2.52. The van der Waals surface area contributed by atoms with E-state index in [1.54, 1.807) is 0 Å². The molecule has 4 aliphatic rings. The fourth-order valence-electron chi connectivity index (χ4n) is 5.97. The second-order valence-electron chi connectivity index (χ2n) is 11.1. The minimum atomic E-state index is -1.18. The van der Waals surface area contributed by atoms with Gasteiger partial charge in [-0.2, -0.15) is 4.98 Å². The van der Waals surface area contributed by atoms with Crippen LogP contribution in [0.15, 0.2) is 29.2 Å². The van der Waals surface area contributed by atoms with Gasteiger partial charge in [0.15, 0.2) is 0 Å². The van der Waals surface area contributed by atoms with Crippen LogP contribution in [-0.4, -0.2) is 62.4 Å². The van der Waals surface area contributed by atoms with Crippen molar-refractivity contribution in [2.24, 2.45) is 11.8 Å². The standard InChI is InChI=1S/C25H32ClN5O2S/c1-24(2)10-20-21(34(24)33)22(29-25(15-32)8-3-9-25)28-23(27-20)31-13-16-11-30(12-17(16)14-31)19-6-4-18(26)5-7-19/h4-7,16-17,32H,3,8-15H2,1-2H3,(H,27,28,29). The number of hydrogen-bond acceptors (Lipinski definition) is 7. The molecule has 0 radical (unpaired) electrons. The Morgan fingerprint density at radius 2 is 1.74 bits per heavy atom. The van der Waals surface area contributed by atoms with E-state index < -0.39 is 10.8 Å². The van der Waals surface area contributed by atoms with Gasteiger partial charge in [-0.15, -0.1) is 0 Å². The van der Waals surface area contributed by atoms with E-state index in [0.717, 1.165) is 67.0 Å². The highest BCUT2D eigenvalue weighted by Crippen LogP contribution is 2.43. The molecular formula is C25H32ClN5O2S. The average Bonchev–Trinajstić information content (AvgIpc) is 3.41. The molecule has 0 bridgehead atoms. The van der Waals surface area contributed by atoms with Gasteiger partial charge in [-0.1, -0.05) is 11.6 Å². The largest absolute Gasteiger partial charge is 0.394 e. The molecule has 182 valence electrons. The van der Waals surface area contributed by atoms with Gasteiger partial charge in [0.25, 0.3) is 0 Å². The first-order chi connectivity index (χ1) is 16.3. The van der Waals surface area contributed by atoms with Crippen LogP contribution in [0, 0.1) is 11.8 Å². The Kier molecular flexibility index (Phi) is 5.35. The second-order valence-corrected chi connectivity index (χ2v) is 13.6. The molecule has 3 atom stereocenters. The first-order valence-corrected chi connectivity index (χ1v) is 13.8. The molecule has 0 spiro atoms. The summed E-state index contributed by atoms with van der Waals surface area (Å²) in [5.41, 5.74) is 1.77. The first kappa shape index (κ1) is 22.6. The minimum absolute atomic E-state index is 0.0610. The summed E-state index contributed by atoms with van der Waals surface area (Å²) in [6.07, 6.45) is 3.57. The van der Waals surface area contributed by atoms with Crippen molar-refractivity contribution in [3.05, 3.63) is 35.0 Å². The normalized spacial score (nSPS) is 28.5. The fourth-order valence-corrected chi connectivity index (χ4v) is 7.52. The Bertz CT molecular complexity index is 1120. The summed E-state index contributed by atoms with van der Waals surface area (Å²) >= 11 is 6.07. The highest BCUT2D eigenvalue weighted by atomic mass is 35.5. The van der Waals surface area contributed by atoms with Crippen LogP contribution in [0.3, 0.4) is 0 Å². The van der Waals surface area contributed by atoms with Gasteiger partial charge in [0.2, 0.25) is 5.95 Å². The molecule has 3 fully saturated rings. The van der Waals surface area contributed by atoms with Gasteiger partial charge in [0, 0.05) is 55.1 Å². The number of nitrogens with one attached hydrogen (secondary N) is 1. The summed E-state index contributed by atoms with van der Waals surface area (Å²) in [4.78, 5) is 15.4. The number of benzene rings is 1. The molecule has 2 aromatic rings. The molecule has 6 rings (SSSR count). The second kappa shape index (κ2) is 8.07. The third kappa shape index (κ3) is 3.69. The summed E-state index contributed by atoms with van der Waals surface area (Å²) < 4.78 is 12.9. The number of halogens is 1. The van der Waals surface area contributed by atoms with E-state index in [1.165, 1.54) is 5.69 Å². The number of nitrogens with zero attached hydrogens (tertiary/aromatic N) is 4. The van der Waals surface area contributed by atoms with Crippen molar-refractivity contribution < 1.29 is 9.32 Å². The molecule has 1 aromatic heterocycles. The number of hydrogen-bond donors (Lipinski definition) is 2. The van der Waals surface area contributed by atoms with Crippen LogP contribution in [0.5, 0.6) is 0 Å². The zero-order chi connectivity index (χ0) is 23.7. The van der Waals surface area contributed by atoms with E-state index in [2.05, 4.69) is 27.2 Å². The fraction of sp³-hybridized carbons (Fsp3) is 0.600. The molecule has 1 aliphatic carbocycles. The van der Waals surface area contributed by atoms with Crippen LogP contribution in [0.2, 0.25) is 5.02 Å². The van der Waals surface area contributed by atoms with Crippen LogP contribution < -0.4 is 15.1 Å². The maximum atomic E-state index is 13.3. The van der Waals surface area contributed by atoms with Crippen molar-refractivity contribution >= 4 is 39.9 Å². The first-order valence-electron chi connectivity index (χ1n) is 12.2.